The molecule has 9 heavy (non-hydrogen) atoms. The average Bonchev–Trinajstić information content (AvgIpc) is 2.13. The molecule has 0 aliphatic heterocycles. The van der Waals surface area contributed by atoms with Gasteiger partial charge in [-0.15, -0.1) is 11.3 Å². The molecule has 1 aromatic rings. The molecule has 0 aliphatic rings. The van der Waals surface area contributed by atoms with Crippen molar-refractivity contribution in [2.45, 2.75) is 13.7 Å². The van der Waals surface area contributed by atoms with Crippen molar-refractivity contribution < 1.29 is 5.02 Å². The Labute approximate surface area is 59.5 Å². The number of rotatable bonds is 1. The number of hydrogen-bond acceptors (Lipinski definition) is 2. The molecule has 1 rings (SSSR count). The van der Waals surface area contributed by atoms with Gasteiger partial charge < -0.3 is 5.02 Å². The quantitative estimate of drug-likeness (QED) is 0.574. The standard InChI is InChI=1S/C6H9BOS/c1-5-6(7(2)8)3-4-9-5/h3-4,8H,1-2H3. The van der Waals surface area contributed by atoms with Gasteiger partial charge in [0.05, 0.1) is 0 Å². The molecule has 0 fully saturated rings. The normalized spacial score (nSPS) is 9.67. The van der Waals surface area contributed by atoms with Crippen LogP contribution in [0.4, 0.5) is 0 Å². The minimum Gasteiger partial charge on any atom is -0.446 e. The van der Waals surface area contributed by atoms with Crippen molar-refractivity contribution in [1.29, 1.82) is 0 Å². The van der Waals surface area contributed by atoms with Gasteiger partial charge in [0.2, 0.25) is 0 Å². The average molecular weight is 140 g/mol. The first-order chi connectivity index (χ1) is 4.22. The van der Waals surface area contributed by atoms with E-state index < -0.39 is 0 Å². The molecule has 0 saturated heterocycles. The molecule has 1 heterocycles. The summed E-state index contributed by atoms with van der Waals surface area (Å²) in [6.45, 7) is 3.50. The molecule has 48 valence electrons. The van der Waals surface area contributed by atoms with Gasteiger partial charge in [-0.25, -0.2) is 0 Å². The van der Waals surface area contributed by atoms with Crippen LogP contribution in [0.5, 0.6) is 0 Å². The second-order valence-corrected chi connectivity index (χ2v) is 3.23. The lowest BCUT2D eigenvalue weighted by molar-refractivity contribution is 0.594. The molecule has 0 saturated carbocycles. The molecule has 0 atom stereocenters. The molecule has 0 amide bonds. The Balaban J connectivity index is 2.94. The zero-order chi connectivity index (χ0) is 6.85. The summed E-state index contributed by atoms with van der Waals surface area (Å²) in [5, 5.41) is 11.1. The van der Waals surface area contributed by atoms with Crippen LogP contribution in [0.15, 0.2) is 11.4 Å². The van der Waals surface area contributed by atoms with Crippen molar-refractivity contribution in [2.75, 3.05) is 0 Å². The van der Waals surface area contributed by atoms with Crippen molar-refractivity contribution in [3.8, 4) is 0 Å². The van der Waals surface area contributed by atoms with Crippen LogP contribution in [-0.4, -0.2) is 11.9 Å². The largest absolute Gasteiger partial charge is 0.446 e. The third-order valence-electron chi connectivity index (χ3n) is 1.35. The molecule has 0 radical (unpaired) electrons. The summed E-state index contributed by atoms with van der Waals surface area (Å²) < 4.78 is 0. The van der Waals surface area contributed by atoms with Crippen LogP contribution in [0, 0.1) is 6.92 Å². The van der Waals surface area contributed by atoms with Crippen LogP contribution in [0.25, 0.3) is 0 Å². The van der Waals surface area contributed by atoms with E-state index >= 15 is 0 Å². The van der Waals surface area contributed by atoms with E-state index in [4.69, 9.17) is 5.02 Å². The van der Waals surface area contributed by atoms with Crippen molar-refractivity contribution in [1.82, 2.24) is 0 Å². The Kier molecular flexibility index (Phi) is 1.93. The van der Waals surface area contributed by atoms with E-state index in [1.165, 1.54) is 4.88 Å². The smallest absolute Gasteiger partial charge is 0.321 e. The van der Waals surface area contributed by atoms with Gasteiger partial charge in [0.1, 0.15) is 0 Å². The Morgan fingerprint density at radius 3 is 2.56 bits per heavy atom. The van der Waals surface area contributed by atoms with Gasteiger partial charge in [0.15, 0.2) is 0 Å². The summed E-state index contributed by atoms with van der Waals surface area (Å²) in [6.07, 6.45) is 0. The SMILES string of the molecule is CB(O)c1ccsc1C. The fraction of sp³-hybridized carbons (Fsp3) is 0.333. The Bertz CT molecular complexity index is 195. The van der Waals surface area contributed by atoms with E-state index in [1.54, 1.807) is 18.2 Å². The van der Waals surface area contributed by atoms with Gasteiger partial charge in [-0.3, -0.25) is 0 Å². The van der Waals surface area contributed by atoms with E-state index in [-0.39, 0.29) is 6.92 Å². The summed E-state index contributed by atoms with van der Waals surface area (Å²) in [5.74, 6) is 0. The predicted octanol–water partition coefficient (Wildman–Crippen LogP) is 0.877. The molecule has 1 N–H and O–H groups in total. The highest BCUT2D eigenvalue weighted by Crippen LogP contribution is 2.03. The third kappa shape index (κ3) is 1.34. The van der Waals surface area contributed by atoms with Gasteiger partial charge in [-0.05, 0) is 22.6 Å². The Morgan fingerprint density at radius 2 is 2.33 bits per heavy atom. The maximum Gasteiger partial charge on any atom is 0.321 e. The number of hydrogen-bond donors (Lipinski definition) is 1. The summed E-state index contributed by atoms with van der Waals surface area (Å²) >= 11 is 1.67. The second-order valence-electron chi connectivity index (χ2n) is 2.11. The lowest BCUT2D eigenvalue weighted by Crippen LogP contribution is -2.26. The molecule has 1 nitrogen and oxygen atoms in total. The van der Waals surface area contributed by atoms with Crippen molar-refractivity contribution in [2.24, 2.45) is 0 Å². The summed E-state index contributed by atoms with van der Waals surface area (Å²) in [6, 6.07) is 1.96. The zero-order valence-electron chi connectivity index (χ0n) is 5.59. The maximum absolute atomic E-state index is 9.10. The van der Waals surface area contributed by atoms with E-state index in [9.17, 15) is 0 Å². The monoisotopic (exact) mass is 140 g/mol. The lowest BCUT2D eigenvalue weighted by Gasteiger charge is -1.95. The lowest BCUT2D eigenvalue weighted by atomic mass is 9.65. The molecule has 3 heteroatoms. The fourth-order valence-corrected chi connectivity index (χ4v) is 1.62. The first-order valence-electron chi connectivity index (χ1n) is 2.94. The molecular formula is C6H9BOS. The number of thiophene rings is 1. The maximum atomic E-state index is 9.10. The van der Waals surface area contributed by atoms with Crippen LogP contribution in [0.1, 0.15) is 4.88 Å². The van der Waals surface area contributed by atoms with E-state index in [0.717, 1.165) is 5.46 Å². The summed E-state index contributed by atoms with van der Waals surface area (Å²) in [7, 11) is 0. The molecule has 0 aliphatic carbocycles. The predicted molar refractivity (Wildman–Crippen MR) is 42.5 cm³/mol. The minimum atomic E-state index is -0.309. The first kappa shape index (κ1) is 6.84. The molecule has 0 unspecified atom stereocenters. The highest BCUT2D eigenvalue weighted by molar-refractivity contribution is 7.11. The van der Waals surface area contributed by atoms with Crippen molar-refractivity contribution in [3.63, 3.8) is 0 Å². The van der Waals surface area contributed by atoms with E-state index in [1.807, 2.05) is 18.4 Å². The highest BCUT2D eigenvalue weighted by atomic mass is 32.1. The van der Waals surface area contributed by atoms with Crippen molar-refractivity contribution in [3.05, 3.63) is 16.3 Å². The van der Waals surface area contributed by atoms with Crippen LogP contribution in [-0.2, 0) is 0 Å². The summed E-state index contributed by atoms with van der Waals surface area (Å²) in [5.41, 5.74) is 1.06. The molecule has 0 bridgehead atoms. The Morgan fingerprint density at radius 1 is 1.67 bits per heavy atom. The second kappa shape index (κ2) is 2.54. The van der Waals surface area contributed by atoms with E-state index in [0.29, 0.717) is 0 Å². The molecule has 0 spiro atoms. The highest BCUT2D eigenvalue weighted by Gasteiger charge is 2.08. The fourth-order valence-electron chi connectivity index (χ4n) is 0.828. The van der Waals surface area contributed by atoms with Crippen LogP contribution in [0.2, 0.25) is 6.82 Å². The molecular weight excluding hydrogens is 131 g/mol. The first-order valence-corrected chi connectivity index (χ1v) is 3.82. The van der Waals surface area contributed by atoms with Gasteiger partial charge in [0, 0.05) is 0 Å². The minimum absolute atomic E-state index is 0.309. The van der Waals surface area contributed by atoms with Crippen molar-refractivity contribution >= 4 is 23.7 Å². The molecule has 0 aromatic carbocycles. The Hall–Kier alpha value is -0.275. The van der Waals surface area contributed by atoms with Crippen LogP contribution < -0.4 is 5.46 Å². The number of aryl methyl sites for hydroxylation is 1. The summed E-state index contributed by atoms with van der Waals surface area (Å²) in [4.78, 5) is 1.21. The topological polar surface area (TPSA) is 20.2 Å². The zero-order valence-corrected chi connectivity index (χ0v) is 6.40. The van der Waals surface area contributed by atoms with Crippen LogP contribution >= 0.6 is 11.3 Å². The van der Waals surface area contributed by atoms with Gasteiger partial charge in [-0.1, -0.05) is 12.9 Å². The van der Waals surface area contributed by atoms with E-state index in [2.05, 4.69) is 0 Å². The van der Waals surface area contributed by atoms with Gasteiger partial charge in [0.25, 0.3) is 0 Å². The third-order valence-corrected chi connectivity index (χ3v) is 2.21. The van der Waals surface area contributed by atoms with Crippen LogP contribution in [0.3, 0.4) is 0 Å². The van der Waals surface area contributed by atoms with Gasteiger partial charge >= 0.3 is 6.92 Å². The van der Waals surface area contributed by atoms with Gasteiger partial charge in [-0.2, -0.15) is 0 Å². The molecule has 1 aromatic heterocycles.